The first-order valence-corrected chi connectivity index (χ1v) is 5.80. The number of nitrogens with zero attached hydrogens (tertiary/aromatic N) is 1. The predicted molar refractivity (Wildman–Crippen MR) is 52.5 cm³/mol. The van der Waals surface area contributed by atoms with Crippen LogP contribution in [0.15, 0.2) is 5.38 Å². The highest BCUT2D eigenvalue weighted by atomic mass is 32.2. The van der Waals surface area contributed by atoms with E-state index in [1.54, 1.807) is 11.3 Å². The van der Waals surface area contributed by atoms with Gasteiger partial charge in [-0.2, -0.15) is 11.8 Å². The summed E-state index contributed by atoms with van der Waals surface area (Å²) in [5, 5.41) is 2.87. The summed E-state index contributed by atoms with van der Waals surface area (Å²) >= 11 is 3.49. The Morgan fingerprint density at radius 1 is 1.67 bits per heavy atom. The summed E-state index contributed by atoms with van der Waals surface area (Å²) in [6.07, 6.45) is 0.172. The Morgan fingerprint density at radius 3 is 3.17 bits per heavy atom. The fourth-order valence-corrected chi connectivity index (χ4v) is 2.79. The van der Waals surface area contributed by atoms with Gasteiger partial charge in [0.05, 0.1) is 6.61 Å². The molecule has 2 N–H and O–H groups in total. The van der Waals surface area contributed by atoms with Gasteiger partial charge >= 0.3 is 0 Å². The van der Waals surface area contributed by atoms with E-state index in [0.29, 0.717) is 5.82 Å². The number of hydrogen-bond acceptors (Lipinski definition) is 5. The van der Waals surface area contributed by atoms with Gasteiger partial charge in [0.2, 0.25) is 0 Å². The molecule has 5 heteroatoms. The van der Waals surface area contributed by atoms with Crippen LogP contribution in [0.3, 0.4) is 0 Å². The third kappa shape index (κ3) is 1.73. The minimum absolute atomic E-state index is 0.172. The van der Waals surface area contributed by atoms with E-state index in [4.69, 9.17) is 10.5 Å². The van der Waals surface area contributed by atoms with E-state index in [0.717, 1.165) is 23.1 Å². The Bertz CT molecular complexity index is 258. The molecule has 0 spiro atoms. The van der Waals surface area contributed by atoms with E-state index in [-0.39, 0.29) is 6.10 Å². The lowest BCUT2D eigenvalue weighted by molar-refractivity contribution is 0.0756. The maximum Gasteiger partial charge on any atom is 0.134 e. The van der Waals surface area contributed by atoms with Crippen molar-refractivity contribution < 1.29 is 4.74 Å². The van der Waals surface area contributed by atoms with Crippen LogP contribution in [0.25, 0.3) is 0 Å². The number of rotatable bonds is 1. The Morgan fingerprint density at radius 2 is 2.58 bits per heavy atom. The van der Waals surface area contributed by atoms with Crippen LogP contribution in [-0.2, 0) is 4.74 Å². The van der Waals surface area contributed by atoms with E-state index in [2.05, 4.69) is 4.98 Å². The molecule has 0 amide bonds. The van der Waals surface area contributed by atoms with Gasteiger partial charge < -0.3 is 10.5 Å². The van der Waals surface area contributed by atoms with Crippen molar-refractivity contribution >= 4 is 28.9 Å². The second-order valence-corrected chi connectivity index (χ2v) is 4.58. The molecule has 0 aromatic carbocycles. The third-order valence-electron chi connectivity index (χ3n) is 1.63. The largest absolute Gasteiger partial charge is 0.383 e. The lowest BCUT2D eigenvalue weighted by atomic mass is 10.4. The SMILES string of the molecule is Nc1csc(C2CSCCO2)n1. The fraction of sp³-hybridized carbons (Fsp3) is 0.571. The van der Waals surface area contributed by atoms with Gasteiger partial charge in [-0.1, -0.05) is 0 Å². The second-order valence-electron chi connectivity index (χ2n) is 2.54. The van der Waals surface area contributed by atoms with Crippen LogP contribution in [0.2, 0.25) is 0 Å². The quantitative estimate of drug-likeness (QED) is 0.750. The van der Waals surface area contributed by atoms with Crippen LogP contribution < -0.4 is 5.73 Å². The van der Waals surface area contributed by atoms with Gasteiger partial charge in [0.25, 0.3) is 0 Å². The van der Waals surface area contributed by atoms with E-state index >= 15 is 0 Å². The summed E-state index contributed by atoms with van der Waals surface area (Å²) in [5.74, 6) is 2.71. The average molecular weight is 202 g/mol. The van der Waals surface area contributed by atoms with Crippen LogP contribution in [0.5, 0.6) is 0 Å². The number of nitrogen functional groups attached to an aromatic ring is 1. The first kappa shape index (κ1) is 8.34. The fourth-order valence-electron chi connectivity index (χ4n) is 1.08. The van der Waals surface area contributed by atoms with Gasteiger partial charge in [-0.15, -0.1) is 11.3 Å². The van der Waals surface area contributed by atoms with Crippen molar-refractivity contribution in [1.82, 2.24) is 4.98 Å². The molecule has 0 radical (unpaired) electrons. The summed E-state index contributed by atoms with van der Waals surface area (Å²) < 4.78 is 5.55. The van der Waals surface area contributed by atoms with Gasteiger partial charge in [-0.05, 0) is 0 Å². The summed E-state index contributed by atoms with van der Waals surface area (Å²) in [6.45, 7) is 0.828. The number of hydrogen-bond donors (Lipinski definition) is 1. The summed E-state index contributed by atoms with van der Waals surface area (Å²) in [5.41, 5.74) is 5.52. The van der Waals surface area contributed by atoms with E-state index < -0.39 is 0 Å². The summed E-state index contributed by atoms with van der Waals surface area (Å²) in [4.78, 5) is 4.19. The maximum atomic E-state index is 5.55. The smallest absolute Gasteiger partial charge is 0.134 e. The van der Waals surface area contributed by atoms with Crippen LogP contribution in [-0.4, -0.2) is 23.1 Å². The Hall–Kier alpha value is -0.260. The van der Waals surface area contributed by atoms with Gasteiger partial charge in [-0.25, -0.2) is 4.98 Å². The first-order chi connectivity index (χ1) is 5.86. The van der Waals surface area contributed by atoms with Crippen molar-refractivity contribution in [2.75, 3.05) is 23.8 Å². The normalized spacial score (nSPS) is 24.2. The molecule has 0 aliphatic carbocycles. The van der Waals surface area contributed by atoms with Crippen molar-refractivity contribution in [3.8, 4) is 0 Å². The number of anilines is 1. The molecule has 2 heterocycles. The molecule has 0 saturated carbocycles. The van der Waals surface area contributed by atoms with Gasteiger partial charge in [0.15, 0.2) is 0 Å². The highest BCUT2D eigenvalue weighted by molar-refractivity contribution is 7.99. The van der Waals surface area contributed by atoms with Crippen molar-refractivity contribution in [3.63, 3.8) is 0 Å². The molecular formula is C7H10N2OS2. The Kier molecular flexibility index (Phi) is 2.53. The minimum atomic E-state index is 0.172. The van der Waals surface area contributed by atoms with E-state index in [9.17, 15) is 0 Å². The molecule has 1 saturated heterocycles. The van der Waals surface area contributed by atoms with Crippen molar-refractivity contribution in [1.29, 1.82) is 0 Å². The molecule has 1 aliphatic heterocycles. The Balaban J connectivity index is 2.08. The molecule has 1 atom stereocenters. The molecule has 12 heavy (non-hydrogen) atoms. The zero-order chi connectivity index (χ0) is 8.39. The summed E-state index contributed by atoms with van der Waals surface area (Å²) in [6, 6.07) is 0. The molecule has 1 unspecified atom stereocenters. The lowest BCUT2D eigenvalue weighted by Crippen LogP contribution is -2.15. The standard InChI is InChI=1S/C7H10N2OS2/c8-6-4-12-7(9-6)5-3-11-2-1-10-5/h4-5H,1-3,8H2. The molecule has 3 nitrogen and oxygen atoms in total. The van der Waals surface area contributed by atoms with Crippen molar-refractivity contribution in [3.05, 3.63) is 10.4 Å². The number of nitrogens with two attached hydrogens (primary N) is 1. The molecule has 2 rings (SSSR count). The molecule has 1 aliphatic rings. The van der Waals surface area contributed by atoms with Crippen LogP contribution in [0, 0.1) is 0 Å². The monoisotopic (exact) mass is 202 g/mol. The first-order valence-electron chi connectivity index (χ1n) is 3.76. The molecule has 1 fully saturated rings. The van der Waals surface area contributed by atoms with Crippen LogP contribution in [0.4, 0.5) is 5.82 Å². The third-order valence-corrected chi connectivity index (χ3v) is 3.58. The zero-order valence-electron chi connectivity index (χ0n) is 6.53. The second kappa shape index (κ2) is 3.64. The van der Waals surface area contributed by atoms with Gasteiger partial charge in [-0.3, -0.25) is 0 Å². The molecule has 1 aromatic heterocycles. The summed E-state index contributed by atoms with van der Waals surface area (Å²) in [7, 11) is 0. The number of thiazole rings is 1. The molecule has 66 valence electrons. The van der Waals surface area contributed by atoms with Crippen molar-refractivity contribution in [2.24, 2.45) is 0 Å². The lowest BCUT2D eigenvalue weighted by Gasteiger charge is -2.19. The van der Waals surface area contributed by atoms with E-state index in [1.165, 1.54) is 0 Å². The minimum Gasteiger partial charge on any atom is -0.383 e. The topological polar surface area (TPSA) is 48.1 Å². The Labute approximate surface area is 79.3 Å². The predicted octanol–water partition coefficient (Wildman–Crippen LogP) is 1.53. The maximum absolute atomic E-state index is 5.55. The molecule has 0 bridgehead atoms. The van der Waals surface area contributed by atoms with Crippen molar-refractivity contribution in [2.45, 2.75) is 6.10 Å². The van der Waals surface area contributed by atoms with Gasteiger partial charge in [0, 0.05) is 16.9 Å². The molecular weight excluding hydrogens is 192 g/mol. The zero-order valence-corrected chi connectivity index (χ0v) is 8.16. The number of aromatic nitrogens is 1. The average Bonchev–Trinajstić information content (AvgIpc) is 2.54. The highest BCUT2D eigenvalue weighted by Crippen LogP contribution is 2.28. The van der Waals surface area contributed by atoms with Crippen LogP contribution in [0.1, 0.15) is 11.1 Å². The van der Waals surface area contributed by atoms with E-state index in [1.807, 2.05) is 17.1 Å². The number of thioether (sulfide) groups is 1. The van der Waals surface area contributed by atoms with Crippen LogP contribution >= 0.6 is 23.1 Å². The number of ether oxygens (including phenoxy) is 1. The van der Waals surface area contributed by atoms with Gasteiger partial charge in [0.1, 0.15) is 16.9 Å². The molecule has 1 aromatic rings. The highest BCUT2D eigenvalue weighted by Gasteiger charge is 2.18.